The molecule has 0 aliphatic carbocycles. The van der Waals surface area contributed by atoms with Crippen LogP contribution in [0.4, 0.5) is 0 Å². The van der Waals surface area contributed by atoms with Crippen molar-refractivity contribution in [2.75, 3.05) is 46.4 Å². The topological polar surface area (TPSA) is 71.0 Å². The van der Waals surface area contributed by atoms with Crippen LogP contribution in [0.25, 0.3) is 0 Å². The highest BCUT2D eigenvalue weighted by Gasteiger charge is 2.14. The van der Waals surface area contributed by atoms with Crippen LogP contribution in [0.1, 0.15) is 267 Å². The molecule has 0 rings (SSSR count). The lowest BCUT2D eigenvalue weighted by Crippen LogP contribution is -2.32. The van der Waals surface area contributed by atoms with Gasteiger partial charge in [-0.1, -0.05) is 209 Å². The summed E-state index contributed by atoms with van der Waals surface area (Å²) in [5.74, 6) is 1.31. The van der Waals surface area contributed by atoms with Crippen molar-refractivity contribution in [1.29, 1.82) is 0 Å². The lowest BCUT2D eigenvalue weighted by atomic mass is 9.92. The molecule has 0 aliphatic heterocycles. The first kappa shape index (κ1) is 61.6. The Morgan fingerprint density at radius 2 is 0.897 bits per heavy atom. The van der Waals surface area contributed by atoms with Gasteiger partial charge in [0.2, 0.25) is 0 Å². The van der Waals surface area contributed by atoms with Crippen LogP contribution in [-0.4, -0.2) is 68.7 Å². The first-order valence-electron chi connectivity index (χ1n) is 26.3. The van der Waals surface area contributed by atoms with Crippen molar-refractivity contribution in [3.05, 3.63) is 0 Å². The normalized spacial score (nSPS) is 12.7. The second-order valence-corrected chi connectivity index (χ2v) is 16.9. The molecule has 0 aromatic carbocycles. The van der Waals surface area contributed by atoms with E-state index < -0.39 is 6.29 Å². The lowest BCUT2D eigenvalue weighted by Gasteiger charge is -2.22. The fraction of sp³-hybridized carbons (Fsp3) is 0.981. The Kier molecular flexibility index (Phi) is 57.7. The number of nitrogens with one attached hydrogen (secondary N) is 1. The van der Waals surface area contributed by atoms with Crippen LogP contribution >= 0.6 is 0 Å². The zero-order valence-corrected chi connectivity index (χ0v) is 41.4. The highest BCUT2D eigenvalue weighted by atomic mass is 16.6. The van der Waals surface area contributed by atoms with E-state index in [2.05, 4.69) is 37.9 Å². The Balaban J connectivity index is -0.00000731. The van der Waals surface area contributed by atoms with Crippen LogP contribution in [0, 0.1) is 11.8 Å². The highest BCUT2D eigenvalue weighted by molar-refractivity contribution is 5.69. The van der Waals surface area contributed by atoms with Crippen LogP contribution in [0.15, 0.2) is 0 Å². The molecule has 352 valence electrons. The second-order valence-electron chi connectivity index (χ2n) is 16.9. The SMILES string of the molecule is CC.CC.CCCCCCCCC[C@@H](CCCCCCC)CCOC(=O)CCCCCN(CCCCCC(O)OCC(CCCCC)CCCCCCC)CCNC. The van der Waals surface area contributed by atoms with Gasteiger partial charge in [-0.2, -0.15) is 0 Å². The van der Waals surface area contributed by atoms with Crippen LogP contribution < -0.4 is 5.32 Å². The van der Waals surface area contributed by atoms with Crippen LogP contribution in [0.2, 0.25) is 0 Å². The van der Waals surface area contributed by atoms with Gasteiger partial charge in [-0.3, -0.25) is 4.79 Å². The molecule has 0 aromatic rings. The van der Waals surface area contributed by atoms with E-state index in [9.17, 15) is 9.90 Å². The maximum Gasteiger partial charge on any atom is 0.305 e. The summed E-state index contributed by atoms with van der Waals surface area (Å²) in [5.41, 5.74) is 0. The van der Waals surface area contributed by atoms with E-state index in [1.807, 2.05) is 34.7 Å². The third-order valence-corrected chi connectivity index (χ3v) is 11.6. The molecule has 0 radical (unpaired) electrons. The number of likely N-dealkylation sites (N-methyl/N-ethyl adjacent to an activating group) is 1. The largest absolute Gasteiger partial charge is 0.466 e. The number of rotatable bonds is 45. The van der Waals surface area contributed by atoms with Crippen molar-refractivity contribution in [3.8, 4) is 0 Å². The molecule has 0 aromatic heterocycles. The standard InChI is InChI=1S/C48H98N2O4.2C2H6/c1-6-10-14-17-18-21-26-33-45(32-25-19-15-11-7-2)38-43-53-47(51)36-28-22-30-40-50(42-39-49-5)41-31-23-29-37-48(52)54-44-46(34-24-13-9-4)35-27-20-16-12-8-3;2*1-2/h45-46,48-49,52H,6-44H2,1-5H3;2*1-2H3/t45-,46?,48?;;/m1../s1. The highest BCUT2D eigenvalue weighted by Crippen LogP contribution is 2.23. The quantitative estimate of drug-likeness (QED) is 0.0362. The molecule has 0 heterocycles. The summed E-state index contributed by atoms with van der Waals surface area (Å²) >= 11 is 0. The van der Waals surface area contributed by atoms with E-state index >= 15 is 0 Å². The average molecular weight is 827 g/mol. The van der Waals surface area contributed by atoms with Crippen molar-refractivity contribution in [2.24, 2.45) is 11.8 Å². The predicted molar refractivity (Wildman–Crippen MR) is 258 cm³/mol. The first-order valence-corrected chi connectivity index (χ1v) is 26.3. The van der Waals surface area contributed by atoms with Crippen molar-refractivity contribution in [2.45, 2.75) is 274 Å². The fourth-order valence-corrected chi connectivity index (χ4v) is 7.85. The maximum atomic E-state index is 12.6. The van der Waals surface area contributed by atoms with E-state index in [1.54, 1.807) is 0 Å². The minimum Gasteiger partial charge on any atom is -0.466 e. The molecule has 6 nitrogen and oxygen atoms in total. The van der Waals surface area contributed by atoms with Gasteiger partial charge >= 0.3 is 5.97 Å². The summed E-state index contributed by atoms with van der Waals surface area (Å²) in [6, 6.07) is 0. The van der Waals surface area contributed by atoms with Gasteiger partial charge in [0.15, 0.2) is 6.29 Å². The molecular formula is C52H110N2O4. The summed E-state index contributed by atoms with van der Waals surface area (Å²) in [5, 5.41) is 13.9. The van der Waals surface area contributed by atoms with Gasteiger partial charge in [0.05, 0.1) is 13.2 Å². The monoisotopic (exact) mass is 827 g/mol. The maximum absolute atomic E-state index is 12.6. The molecular weight excluding hydrogens is 717 g/mol. The number of unbranched alkanes of at least 4 members (excludes halogenated alkanes) is 20. The molecule has 2 N–H and O–H groups in total. The number of hydrogen-bond acceptors (Lipinski definition) is 6. The summed E-state index contributed by atoms with van der Waals surface area (Å²) in [7, 11) is 2.03. The van der Waals surface area contributed by atoms with Gasteiger partial charge in [0, 0.05) is 19.5 Å². The van der Waals surface area contributed by atoms with Gasteiger partial charge in [-0.25, -0.2) is 0 Å². The molecule has 0 bridgehead atoms. The number of esters is 1. The van der Waals surface area contributed by atoms with E-state index in [1.165, 1.54) is 154 Å². The molecule has 58 heavy (non-hydrogen) atoms. The van der Waals surface area contributed by atoms with Crippen molar-refractivity contribution in [3.63, 3.8) is 0 Å². The molecule has 0 saturated carbocycles. The number of hydrogen-bond donors (Lipinski definition) is 2. The Labute approximate surface area is 366 Å². The molecule has 0 amide bonds. The van der Waals surface area contributed by atoms with Crippen LogP contribution in [0.5, 0.6) is 0 Å². The Morgan fingerprint density at radius 3 is 1.40 bits per heavy atom. The predicted octanol–water partition coefficient (Wildman–Crippen LogP) is 15.6. The number of nitrogens with zero attached hydrogens (tertiary/aromatic N) is 1. The molecule has 2 unspecified atom stereocenters. The van der Waals surface area contributed by atoms with Gasteiger partial charge < -0.3 is 24.8 Å². The van der Waals surface area contributed by atoms with Crippen LogP contribution in [0.3, 0.4) is 0 Å². The third kappa shape index (κ3) is 48.0. The van der Waals surface area contributed by atoms with Crippen molar-refractivity contribution in [1.82, 2.24) is 10.2 Å². The molecule has 0 aliphatic rings. The zero-order chi connectivity index (χ0) is 43.6. The van der Waals surface area contributed by atoms with E-state index in [0.29, 0.717) is 31.5 Å². The van der Waals surface area contributed by atoms with E-state index in [4.69, 9.17) is 9.47 Å². The smallest absolute Gasteiger partial charge is 0.305 e. The molecule has 0 saturated heterocycles. The summed E-state index contributed by atoms with van der Waals surface area (Å²) in [6.45, 7) is 22.7. The number of ether oxygens (including phenoxy) is 2. The van der Waals surface area contributed by atoms with Gasteiger partial charge in [-0.05, 0) is 83.3 Å². The molecule has 0 fully saturated rings. The van der Waals surface area contributed by atoms with Crippen molar-refractivity contribution < 1.29 is 19.4 Å². The molecule has 6 heteroatoms. The van der Waals surface area contributed by atoms with Crippen molar-refractivity contribution >= 4 is 5.97 Å². The summed E-state index contributed by atoms with van der Waals surface area (Å²) in [4.78, 5) is 15.1. The third-order valence-electron chi connectivity index (χ3n) is 11.6. The zero-order valence-electron chi connectivity index (χ0n) is 41.4. The number of aliphatic hydroxyl groups excluding tert-OH is 1. The van der Waals surface area contributed by atoms with E-state index in [-0.39, 0.29) is 5.97 Å². The molecule has 3 atom stereocenters. The van der Waals surface area contributed by atoms with Crippen LogP contribution in [-0.2, 0) is 14.3 Å². The Bertz CT molecular complexity index is 738. The van der Waals surface area contributed by atoms with Gasteiger partial charge in [0.1, 0.15) is 0 Å². The Morgan fingerprint density at radius 1 is 0.500 bits per heavy atom. The number of aliphatic hydroxyl groups is 1. The summed E-state index contributed by atoms with van der Waals surface area (Å²) in [6.07, 6.45) is 39.9. The first-order chi connectivity index (χ1) is 28.5. The minimum absolute atomic E-state index is 0.000230. The fourth-order valence-electron chi connectivity index (χ4n) is 7.85. The number of carbonyl (C=O) groups excluding carboxylic acids is 1. The lowest BCUT2D eigenvalue weighted by molar-refractivity contribution is -0.144. The average Bonchev–Trinajstić information content (AvgIpc) is 3.24. The second kappa shape index (κ2) is 54.3. The van der Waals surface area contributed by atoms with Gasteiger partial charge in [0.25, 0.3) is 0 Å². The minimum atomic E-state index is -0.623. The van der Waals surface area contributed by atoms with E-state index in [0.717, 1.165) is 77.5 Å². The van der Waals surface area contributed by atoms with Gasteiger partial charge in [-0.15, -0.1) is 0 Å². The molecule has 0 spiro atoms. The Hall–Kier alpha value is -0.690. The number of carbonyl (C=O) groups is 1. The summed E-state index contributed by atoms with van der Waals surface area (Å²) < 4.78 is 11.7.